The molecule has 0 aromatic heterocycles. The zero-order valence-electron chi connectivity index (χ0n) is 9.88. The van der Waals surface area contributed by atoms with Gasteiger partial charge in [0.15, 0.2) is 0 Å². The van der Waals surface area contributed by atoms with Crippen molar-refractivity contribution in [1.29, 1.82) is 0 Å². The highest BCUT2D eigenvalue weighted by Gasteiger charge is 2.13. The minimum Gasteiger partial charge on any atom is -0.300 e. The summed E-state index contributed by atoms with van der Waals surface area (Å²) in [7, 11) is 1.81. The van der Waals surface area contributed by atoms with E-state index >= 15 is 0 Å². The van der Waals surface area contributed by atoms with Gasteiger partial charge in [0.05, 0.1) is 11.6 Å². The van der Waals surface area contributed by atoms with E-state index in [0.29, 0.717) is 13.1 Å². The Hall–Kier alpha value is -1.00. The maximum absolute atomic E-state index is 13.5. The van der Waals surface area contributed by atoms with Gasteiger partial charge in [-0.15, -0.1) is 0 Å². The van der Waals surface area contributed by atoms with Gasteiger partial charge in [0.25, 0.3) is 0 Å². The van der Waals surface area contributed by atoms with Gasteiger partial charge in [0.1, 0.15) is 11.6 Å². The molecule has 94 valence electrons. The predicted molar refractivity (Wildman–Crippen MR) is 66.7 cm³/mol. The smallest absolute Gasteiger partial charge is 0.142 e. The van der Waals surface area contributed by atoms with E-state index in [9.17, 15) is 8.78 Å². The molecule has 1 aromatic carbocycles. The number of aliphatic imine (C=N–C) groups is 1. The van der Waals surface area contributed by atoms with E-state index in [2.05, 4.69) is 4.99 Å². The van der Waals surface area contributed by atoms with Gasteiger partial charge >= 0.3 is 0 Å². The molecule has 0 atom stereocenters. The molecule has 0 aliphatic carbocycles. The lowest BCUT2D eigenvalue weighted by atomic mass is 10.2. The van der Waals surface area contributed by atoms with Crippen molar-refractivity contribution < 1.29 is 8.78 Å². The number of hydrogen-bond acceptors (Lipinski definition) is 2. The molecule has 1 rings (SSSR count). The van der Waals surface area contributed by atoms with Crippen molar-refractivity contribution in [3.05, 3.63) is 34.4 Å². The van der Waals surface area contributed by atoms with Crippen LogP contribution >= 0.6 is 11.6 Å². The standard InChI is InChI=1S/C12H15ClF2N2/c1-3-16-6-7-17(2)8-9-10(14)4-5-11(15)12(9)13/h3-5H,6-8H2,1-2H3. The second-order valence-electron chi connectivity index (χ2n) is 3.72. The molecule has 0 N–H and O–H groups in total. The molecule has 0 radical (unpaired) electrons. The summed E-state index contributed by atoms with van der Waals surface area (Å²) < 4.78 is 26.6. The molecule has 0 aliphatic heterocycles. The minimum atomic E-state index is -0.594. The van der Waals surface area contributed by atoms with Crippen LogP contribution in [0.4, 0.5) is 8.78 Å². The lowest BCUT2D eigenvalue weighted by Crippen LogP contribution is -2.22. The van der Waals surface area contributed by atoms with Crippen molar-refractivity contribution >= 4 is 17.8 Å². The van der Waals surface area contributed by atoms with Crippen LogP contribution in [0, 0.1) is 11.6 Å². The summed E-state index contributed by atoms with van der Waals surface area (Å²) in [5.74, 6) is -1.08. The molecule has 0 saturated heterocycles. The Balaban J connectivity index is 2.70. The fraction of sp³-hybridized carbons (Fsp3) is 0.417. The van der Waals surface area contributed by atoms with Gasteiger partial charge < -0.3 is 4.90 Å². The van der Waals surface area contributed by atoms with Crippen molar-refractivity contribution in [1.82, 2.24) is 4.90 Å². The Bertz CT molecular complexity index is 408. The summed E-state index contributed by atoms with van der Waals surface area (Å²) in [6, 6.07) is 2.12. The van der Waals surface area contributed by atoms with Crippen LogP contribution in [0.1, 0.15) is 12.5 Å². The highest BCUT2D eigenvalue weighted by molar-refractivity contribution is 6.31. The topological polar surface area (TPSA) is 15.6 Å². The van der Waals surface area contributed by atoms with Crippen LogP contribution in [0.2, 0.25) is 5.02 Å². The molecule has 0 aliphatic rings. The molecule has 0 amide bonds. The second kappa shape index (κ2) is 6.67. The maximum Gasteiger partial charge on any atom is 0.142 e. The van der Waals surface area contributed by atoms with Crippen LogP contribution in [0.5, 0.6) is 0 Å². The van der Waals surface area contributed by atoms with Crippen LogP contribution in [0.3, 0.4) is 0 Å². The van der Waals surface area contributed by atoms with Gasteiger partial charge in [-0.1, -0.05) is 11.6 Å². The number of halogens is 3. The average molecular weight is 261 g/mol. The van der Waals surface area contributed by atoms with E-state index in [1.165, 1.54) is 0 Å². The summed E-state index contributed by atoms with van der Waals surface area (Å²) in [5.41, 5.74) is 0.189. The highest BCUT2D eigenvalue weighted by Crippen LogP contribution is 2.23. The number of likely N-dealkylation sites (N-methyl/N-ethyl adjacent to an activating group) is 1. The molecule has 2 nitrogen and oxygen atoms in total. The first-order chi connectivity index (χ1) is 8.06. The first-order valence-electron chi connectivity index (χ1n) is 5.31. The molecule has 0 spiro atoms. The first kappa shape index (κ1) is 14.1. The largest absolute Gasteiger partial charge is 0.300 e. The van der Waals surface area contributed by atoms with E-state index in [1.807, 2.05) is 18.9 Å². The number of hydrogen-bond donors (Lipinski definition) is 0. The van der Waals surface area contributed by atoms with Gasteiger partial charge in [0, 0.05) is 18.7 Å². The van der Waals surface area contributed by atoms with Gasteiger partial charge in [-0.3, -0.25) is 4.99 Å². The normalized spacial score (nSPS) is 11.6. The third-order valence-corrected chi connectivity index (χ3v) is 2.77. The summed E-state index contributed by atoms with van der Waals surface area (Å²) in [6.07, 6.45) is 1.71. The van der Waals surface area contributed by atoms with Crippen molar-refractivity contribution in [2.45, 2.75) is 13.5 Å². The molecule has 5 heteroatoms. The average Bonchev–Trinajstić information content (AvgIpc) is 2.30. The summed E-state index contributed by atoms with van der Waals surface area (Å²) in [4.78, 5) is 5.89. The highest BCUT2D eigenvalue weighted by atomic mass is 35.5. The quantitative estimate of drug-likeness (QED) is 0.587. The Morgan fingerprint density at radius 3 is 2.65 bits per heavy atom. The molecule has 0 saturated carbocycles. The van der Waals surface area contributed by atoms with Crippen molar-refractivity contribution in [3.63, 3.8) is 0 Å². The molecule has 0 heterocycles. The SMILES string of the molecule is CC=NCCN(C)Cc1c(F)ccc(F)c1Cl. The summed E-state index contributed by atoms with van der Waals surface area (Å²) >= 11 is 5.73. The lowest BCUT2D eigenvalue weighted by Gasteiger charge is -2.17. The van der Waals surface area contributed by atoms with Crippen LogP contribution in [-0.4, -0.2) is 31.3 Å². The number of rotatable bonds is 5. The van der Waals surface area contributed by atoms with E-state index in [1.54, 1.807) is 6.21 Å². The van der Waals surface area contributed by atoms with Gasteiger partial charge in [0.2, 0.25) is 0 Å². The monoisotopic (exact) mass is 260 g/mol. The van der Waals surface area contributed by atoms with E-state index in [4.69, 9.17) is 11.6 Å². The van der Waals surface area contributed by atoms with Crippen LogP contribution in [-0.2, 0) is 6.54 Å². The fourth-order valence-electron chi connectivity index (χ4n) is 1.42. The minimum absolute atomic E-state index is 0.143. The lowest BCUT2D eigenvalue weighted by molar-refractivity contribution is 0.330. The van der Waals surface area contributed by atoms with E-state index in [0.717, 1.165) is 12.1 Å². The second-order valence-corrected chi connectivity index (χ2v) is 4.10. The summed E-state index contributed by atoms with van der Waals surface area (Å²) in [6.45, 7) is 3.39. The van der Waals surface area contributed by atoms with Crippen molar-refractivity contribution in [2.75, 3.05) is 20.1 Å². The van der Waals surface area contributed by atoms with Gasteiger partial charge in [-0.25, -0.2) is 8.78 Å². The van der Waals surface area contributed by atoms with Gasteiger partial charge in [-0.2, -0.15) is 0 Å². The van der Waals surface area contributed by atoms with Crippen molar-refractivity contribution in [3.8, 4) is 0 Å². The molecule has 0 bridgehead atoms. The van der Waals surface area contributed by atoms with Crippen LogP contribution in [0.25, 0.3) is 0 Å². The maximum atomic E-state index is 13.5. The zero-order valence-corrected chi connectivity index (χ0v) is 10.6. The Labute approximate surface area is 105 Å². The Morgan fingerprint density at radius 1 is 1.35 bits per heavy atom. The molecule has 0 fully saturated rings. The molecule has 0 unspecified atom stereocenters. The van der Waals surface area contributed by atoms with Crippen LogP contribution in [0.15, 0.2) is 17.1 Å². The van der Waals surface area contributed by atoms with E-state index < -0.39 is 11.6 Å². The Morgan fingerprint density at radius 2 is 2.00 bits per heavy atom. The summed E-state index contributed by atoms with van der Waals surface area (Å²) in [5, 5.41) is -0.143. The van der Waals surface area contributed by atoms with E-state index in [-0.39, 0.29) is 17.1 Å². The zero-order chi connectivity index (χ0) is 12.8. The molecular formula is C12H15ClF2N2. The third-order valence-electron chi connectivity index (χ3n) is 2.36. The van der Waals surface area contributed by atoms with Gasteiger partial charge in [-0.05, 0) is 32.3 Å². The Kier molecular flexibility index (Phi) is 5.51. The fourth-order valence-corrected chi connectivity index (χ4v) is 1.63. The van der Waals surface area contributed by atoms with Crippen molar-refractivity contribution in [2.24, 2.45) is 4.99 Å². The number of nitrogens with zero attached hydrogens (tertiary/aromatic N) is 2. The first-order valence-corrected chi connectivity index (χ1v) is 5.69. The predicted octanol–water partition coefficient (Wildman–Crippen LogP) is 3.14. The third kappa shape index (κ3) is 4.06. The molecular weight excluding hydrogens is 246 g/mol. The molecule has 17 heavy (non-hydrogen) atoms. The van der Waals surface area contributed by atoms with Crippen LogP contribution < -0.4 is 0 Å². The molecule has 1 aromatic rings. The number of benzene rings is 1.